The van der Waals surface area contributed by atoms with Gasteiger partial charge in [-0.05, 0) is 74.1 Å². The second kappa shape index (κ2) is 10.2. The number of nitro groups is 1. The molecule has 0 amide bonds. The van der Waals surface area contributed by atoms with Gasteiger partial charge in [0, 0.05) is 12.1 Å². The van der Waals surface area contributed by atoms with Gasteiger partial charge in [-0.25, -0.2) is 4.39 Å². The number of unbranched alkanes of at least 4 members (excludes halogenated alkanes) is 2. The zero-order valence-electron chi connectivity index (χ0n) is 18.5. The summed E-state index contributed by atoms with van der Waals surface area (Å²) >= 11 is 0. The maximum Gasteiger partial charge on any atom is 0.270 e. The van der Waals surface area contributed by atoms with Crippen LogP contribution in [0, 0.1) is 41.5 Å². The van der Waals surface area contributed by atoms with Gasteiger partial charge >= 0.3 is 0 Å². The lowest BCUT2D eigenvalue weighted by Gasteiger charge is -2.29. The number of aryl methyl sites for hydroxylation is 2. The first kappa shape index (κ1) is 23.2. The Balaban J connectivity index is 1.73. The van der Waals surface area contributed by atoms with Crippen molar-refractivity contribution in [1.29, 1.82) is 0 Å². The number of hydrogen-bond donors (Lipinski definition) is 0. The van der Waals surface area contributed by atoms with E-state index in [0.717, 1.165) is 25.7 Å². The number of halogens is 2. The Morgan fingerprint density at radius 2 is 1.68 bits per heavy atom. The zero-order chi connectivity index (χ0) is 22.5. The summed E-state index contributed by atoms with van der Waals surface area (Å²) in [6.07, 6.45) is 8.86. The lowest BCUT2D eigenvalue weighted by Crippen LogP contribution is -2.15. The first-order valence-corrected chi connectivity index (χ1v) is 11.2. The molecule has 0 saturated heterocycles. The van der Waals surface area contributed by atoms with Crippen molar-refractivity contribution in [3.63, 3.8) is 0 Å². The summed E-state index contributed by atoms with van der Waals surface area (Å²) in [7, 11) is 0. The van der Waals surface area contributed by atoms with Crippen LogP contribution in [0.25, 0.3) is 0 Å². The average Bonchev–Trinajstić information content (AvgIpc) is 2.74. The number of rotatable bonds is 8. The minimum Gasteiger partial charge on any atom is -0.454 e. The maximum atomic E-state index is 14.9. The first-order valence-electron chi connectivity index (χ1n) is 11.2. The topological polar surface area (TPSA) is 52.4 Å². The van der Waals surface area contributed by atoms with Crippen LogP contribution in [-0.2, 0) is 0 Å². The van der Waals surface area contributed by atoms with E-state index in [1.54, 1.807) is 19.9 Å². The number of nitrogens with zero attached hydrogens (tertiary/aromatic N) is 1. The Morgan fingerprint density at radius 3 is 2.26 bits per heavy atom. The molecule has 6 heteroatoms. The molecule has 1 aliphatic rings. The van der Waals surface area contributed by atoms with Gasteiger partial charge in [-0.2, -0.15) is 4.39 Å². The first-order chi connectivity index (χ1) is 14.8. The van der Waals surface area contributed by atoms with Gasteiger partial charge in [0.2, 0.25) is 5.82 Å². The molecule has 4 nitrogen and oxygen atoms in total. The van der Waals surface area contributed by atoms with Gasteiger partial charge in [-0.3, -0.25) is 10.1 Å². The molecule has 168 valence electrons. The standard InChI is InChI=1S/C25H31F2NO3/c1-4-5-6-7-18-8-10-19(11-9-18)21-12-13-22(24(27)23(21)26)31-25-16(2)14-20(28(29)30)15-17(25)3/h12-15,18-19H,4-11H2,1-3H3. The van der Waals surface area contributed by atoms with E-state index in [4.69, 9.17) is 4.74 Å². The molecule has 2 aromatic rings. The van der Waals surface area contributed by atoms with E-state index in [9.17, 15) is 18.9 Å². The van der Waals surface area contributed by atoms with Crippen LogP contribution in [0.15, 0.2) is 24.3 Å². The quantitative estimate of drug-likeness (QED) is 0.241. The van der Waals surface area contributed by atoms with Crippen molar-refractivity contribution >= 4 is 5.69 Å². The van der Waals surface area contributed by atoms with Gasteiger partial charge in [-0.15, -0.1) is 0 Å². The monoisotopic (exact) mass is 431 g/mol. The molecule has 0 unspecified atom stereocenters. The van der Waals surface area contributed by atoms with E-state index >= 15 is 0 Å². The average molecular weight is 432 g/mol. The molecule has 0 heterocycles. The van der Waals surface area contributed by atoms with Gasteiger partial charge in [-0.1, -0.05) is 38.7 Å². The number of non-ortho nitro benzene ring substituents is 1. The summed E-state index contributed by atoms with van der Waals surface area (Å²) in [6.45, 7) is 5.50. The van der Waals surface area contributed by atoms with Crippen LogP contribution >= 0.6 is 0 Å². The predicted molar refractivity (Wildman–Crippen MR) is 118 cm³/mol. The maximum absolute atomic E-state index is 14.9. The Hall–Kier alpha value is -2.50. The summed E-state index contributed by atoms with van der Waals surface area (Å²) in [5.74, 6) is -0.997. The summed E-state index contributed by atoms with van der Waals surface area (Å²) in [5, 5.41) is 11.0. The Labute approximate surface area is 182 Å². The molecule has 0 spiro atoms. The molecule has 31 heavy (non-hydrogen) atoms. The van der Waals surface area contributed by atoms with Crippen molar-refractivity contribution in [2.24, 2.45) is 5.92 Å². The number of nitro benzene ring substituents is 1. The highest BCUT2D eigenvalue weighted by Crippen LogP contribution is 2.41. The molecule has 1 aliphatic carbocycles. The lowest BCUT2D eigenvalue weighted by atomic mass is 9.77. The van der Waals surface area contributed by atoms with Crippen molar-refractivity contribution < 1.29 is 18.4 Å². The van der Waals surface area contributed by atoms with Crippen LogP contribution in [-0.4, -0.2) is 4.92 Å². The van der Waals surface area contributed by atoms with Crippen molar-refractivity contribution in [3.05, 3.63) is 62.7 Å². The van der Waals surface area contributed by atoms with E-state index in [2.05, 4.69) is 6.92 Å². The smallest absolute Gasteiger partial charge is 0.270 e. The molecule has 0 N–H and O–H groups in total. The van der Waals surface area contributed by atoms with Crippen LogP contribution in [0.2, 0.25) is 0 Å². The summed E-state index contributed by atoms with van der Waals surface area (Å²) < 4.78 is 35.4. The second-order valence-electron chi connectivity index (χ2n) is 8.76. The van der Waals surface area contributed by atoms with Crippen molar-refractivity contribution in [1.82, 2.24) is 0 Å². The predicted octanol–water partition coefficient (Wildman–Crippen LogP) is 8.14. The highest BCUT2D eigenvalue weighted by molar-refractivity contribution is 5.51. The molecular formula is C25H31F2NO3. The molecule has 3 rings (SSSR count). The Kier molecular flexibility index (Phi) is 7.63. The van der Waals surface area contributed by atoms with Gasteiger partial charge in [0.15, 0.2) is 11.6 Å². The van der Waals surface area contributed by atoms with E-state index in [1.165, 1.54) is 43.9 Å². The molecule has 0 aromatic heterocycles. The molecule has 0 bridgehead atoms. The Bertz CT molecular complexity index is 914. The van der Waals surface area contributed by atoms with Gasteiger partial charge in [0.1, 0.15) is 5.75 Å². The van der Waals surface area contributed by atoms with Crippen molar-refractivity contribution in [2.75, 3.05) is 0 Å². The van der Waals surface area contributed by atoms with Crippen LogP contribution in [0.4, 0.5) is 14.5 Å². The molecule has 0 aliphatic heterocycles. The minimum atomic E-state index is -1.00. The van der Waals surface area contributed by atoms with E-state index in [1.807, 2.05) is 0 Å². The van der Waals surface area contributed by atoms with Crippen LogP contribution in [0.3, 0.4) is 0 Å². The molecule has 1 saturated carbocycles. The normalized spacial score (nSPS) is 18.7. The lowest BCUT2D eigenvalue weighted by molar-refractivity contribution is -0.385. The highest BCUT2D eigenvalue weighted by Gasteiger charge is 2.27. The zero-order valence-corrected chi connectivity index (χ0v) is 18.5. The number of hydrogen-bond acceptors (Lipinski definition) is 3. The van der Waals surface area contributed by atoms with E-state index in [-0.39, 0.29) is 17.4 Å². The van der Waals surface area contributed by atoms with E-state index in [0.29, 0.717) is 28.4 Å². The third-order valence-corrected chi connectivity index (χ3v) is 6.45. The third-order valence-electron chi connectivity index (χ3n) is 6.45. The molecule has 1 fully saturated rings. The van der Waals surface area contributed by atoms with Crippen LogP contribution in [0.5, 0.6) is 11.5 Å². The third kappa shape index (κ3) is 5.41. The minimum absolute atomic E-state index is 0.0359. The fourth-order valence-electron chi connectivity index (χ4n) is 4.69. The second-order valence-corrected chi connectivity index (χ2v) is 8.76. The van der Waals surface area contributed by atoms with Gasteiger partial charge in [0.05, 0.1) is 4.92 Å². The highest BCUT2D eigenvalue weighted by atomic mass is 19.2. The fourth-order valence-corrected chi connectivity index (χ4v) is 4.69. The molecule has 0 atom stereocenters. The van der Waals surface area contributed by atoms with Crippen molar-refractivity contribution in [3.8, 4) is 11.5 Å². The van der Waals surface area contributed by atoms with Gasteiger partial charge < -0.3 is 4.74 Å². The summed E-state index contributed by atoms with van der Waals surface area (Å²) in [4.78, 5) is 10.5. The van der Waals surface area contributed by atoms with Crippen molar-refractivity contribution in [2.45, 2.75) is 78.1 Å². The van der Waals surface area contributed by atoms with Crippen LogP contribution in [0.1, 0.15) is 80.9 Å². The molecule has 2 aromatic carbocycles. The largest absolute Gasteiger partial charge is 0.454 e. The molecule has 0 radical (unpaired) electrons. The summed E-state index contributed by atoms with van der Waals surface area (Å²) in [5.41, 5.74) is 1.36. The SMILES string of the molecule is CCCCCC1CCC(c2ccc(Oc3c(C)cc([N+](=O)[O-])cc3C)c(F)c2F)CC1. The van der Waals surface area contributed by atoms with E-state index < -0.39 is 16.6 Å². The number of ether oxygens (including phenoxy) is 1. The van der Waals surface area contributed by atoms with Crippen LogP contribution < -0.4 is 4.74 Å². The molecular weight excluding hydrogens is 400 g/mol. The fraction of sp³-hybridized carbons (Fsp3) is 0.520. The summed E-state index contributed by atoms with van der Waals surface area (Å²) in [6, 6.07) is 5.83. The van der Waals surface area contributed by atoms with Gasteiger partial charge in [0.25, 0.3) is 5.69 Å². The Morgan fingerprint density at radius 1 is 1.03 bits per heavy atom. The number of benzene rings is 2.